The van der Waals surface area contributed by atoms with Crippen molar-refractivity contribution >= 4 is 0 Å². The molecule has 0 radical (unpaired) electrons. The van der Waals surface area contributed by atoms with Crippen LogP contribution in [-0.2, 0) is 19.5 Å². The van der Waals surface area contributed by atoms with E-state index < -0.39 is 0 Å². The third-order valence-corrected chi connectivity index (χ3v) is 4.52. The van der Waals surface area contributed by atoms with Crippen molar-refractivity contribution in [2.45, 2.75) is 26.4 Å². The van der Waals surface area contributed by atoms with E-state index in [-0.39, 0.29) is 5.56 Å². The number of hydrogen-bond acceptors (Lipinski definition) is 5. The fraction of sp³-hybridized carbons (Fsp3) is 0.300. The molecular weight excluding hydrogens is 330 g/mol. The van der Waals surface area contributed by atoms with Crippen molar-refractivity contribution < 1.29 is 9.15 Å². The standard InChI is InChI=1S/C20H21N3O3/c1-2-25-15-6-3-5-14(11-15)12-23-9-8-16-17(13-23)21-19(22-20(16)24)18-7-4-10-26-18/h3-7,10-11H,2,8-9,12-13H2,1H3,(H,21,22,24). The molecule has 6 nitrogen and oxygen atoms in total. The second-order valence-corrected chi connectivity index (χ2v) is 6.36. The molecule has 2 aromatic heterocycles. The van der Waals surface area contributed by atoms with Crippen molar-refractivity contribution in [2.24, 2.45) is 0 Å². The molecule has 1 aliphatic heterocycles. The third-order valence-electron chi connectivity index (χ3n) is 4.52. The minimum absolute atomic E-state index is 0.0700. The lowest BCUT2D eigenvalue weighted by atomic mass is 10.1. The van der Waals surface area contributed by atoms with Crippen LogP contribution in [0.25, 0.3) is 11.6 Å². The van der Waals surface area contributed by atoms with Gasteiger partial charge in [0, 0.05) is 25.2 Å². The Morgan fingerprint density at radius 3 is 3.04 bits per heavy atom. The Morgan fingerprint density at radius 1 is 1.31 bits per heavy atom. The second kappa shape index (κ2) is 7.17. The van der Waals surface area contributed by atoms with Gasteiger partial charge in [0.25, 0.3) is 5.56 Å². The van der Waals surface area contributed by atoms with Crippen molar-refractivity contribution in [1.29, 1.82) is 0 Å². The molecule has 1 aromatic carbocycles. The van der Waals surface area contributed by atoms with Crippen LogP contribution in [0, 0.1) is 0 Å². The molecule has 134 valence electrons. The lowest BCUT2D eigenvalue weighted by Gasteiger charge is -2.27. The van der Waals surface area contributed by atoms with E-state index in [2.05, 4.69) is 27.0 Å². The van der Waals surface area contributed by atoms with Gasteiger partial charge in [-0.05, 0) is 43.2 Å². The number of furan rings is 1. The number of nitrogens with zero attached hydrogens (tertiary/aromatic N) is 2. The summed E-state index contributed by atoms with van der Waals surface area (Å²) in [4.78, 5) is 22.2. The largest absolute Gasteiger partial charge is 0.494 e. The highest BCUT2D eigenvalue weighted by Gasteiger charge is 2.22. The minimum Gasteiger partial charge on any atom is -0.494 e. The maximum atomic E-state index is 12.4. The van der Waals surface area contributed by atoms with Crippen molar-refractivity contribution in [3.05, 3.63) is 69.8 Å². The Morgan fingerprint density at radius 2 is 2.23 bits per heavy atom. The summed E-state index contributed by atoms with van der Waals surface area (Å²) in [5, 5.41) is 0. The number of ether oxygens (including phenoxy) is 1. The van der Waals surface area contributed by atoms with Crippen molar-refractivity contribution in [2.75, 3.05) is 13.2 Å². The number of fused-ring (bicyclic) bond motifs is 1. The van der Waals surface area contributed by atoms with E-state index in [0.29, 0.717) is 31.2 Å². The topological polar surface area (TPSA) is 71.4 Å². The van der Waals surface area contributed by atoms with E-state index in [1.54, 1.807) is 18.4 Å². The summed E-state index contributed by atoms with van der Waals surface area (Å²) in [6, 6.07) is 11.7. The molecule has 0 spiro atoms. The molecule has 0 fully saturated rings. The number of aromatic amines is 1. The number of aromatic nitrogens is 2. The van der Waals surface area contributed by atoms with E-state index in [9.17, 15) is 4.79 Å². The van der Waals surface area contributed by atoms with Crippen molar-refractivity contribution in [1.82, 2.24) is 14.9 Å². The van der Waals surface area contributed by atoms with Gasteiger partial charge in [-0.2, -0.15) is 0 Å². The molecule has 1 N–H and O–H groups in total. The first kappa shape index (κ1) is 16.6. The van der Waals surface area contributed by atoms with E-state index >= 15 is 0 Å². The molecular formula is C20H21N3O3. The number of benzene rings is 1. The van der Waals surface area contributed by atoms with Crippen LogP contribution in [0.1, 0.15) is 23.7 Å². The van der Waals surface area contributed by atoms with E-state index in [0.717, 1.165) is 30.1 Å². The Balaban J connectivity index is 1.55. The molecule has 4 rings (SSSR count). The smallest absolute Gasteiger partial charge is 0.254 e. The molecule has 6 heteroatoms. The van der Waals surface area contributed by atoms with Crippen LogP contribution in [0.5, 0.6) is 5.75 Å². The molecule has 0 amide bonds. The van der Waals surface area contributed by atoms with Gasteiger partial charge in [0.05, 0.1) is 18.6 Å². The Kier molecular flexibility index (Phi) is 4.58. The van der Waals surface area contributed by atoms with Gasteiger partial charge in [-0.1, -0.05) is 12.1 Å². The first-order valence-electron chi connectivity index (χ1n) is 8.83. The fourth-order valence-corrected chi connectivity index (χ4v) is 3.32. The molecule has 0 saturated heterocycles. The summed E-state index contributed by atoms with van der Waals surface area (Å²) in [6.07, 6.45) is 2.27. The SMILES string of the molecule is CCOc1cccc(CN2CCc3c(nc(-c4ccco4)[nH]c3=O)C2)c1. The van der Waals surface area contributed by atoms with E-state index in [4.69, 9.17) is 9.15 Å². The van der Waals surface area contributed by atoms with Crippen LogP contribution in [0.4, 0.5) is 0 Å². The first-order valence-corrected chi connectivity index (χ1v) is 8.83. The molecule has 3 aromatic rings. The van der Waals surface area contributed by atoms with Crippen molar-refractivity contribution in [3.8, 4) is 17.3 Å². The molecule has 0 atom stereocenters. The number of nitrogens with one attached hydrogen (secondary N) is 1. The highest BCUT2D eigenvalue weighted by Crippen LogP contribution is 2.21. The van der Waals surface area contributed by atoms with Crippen LogP contribution in [0.2, 0.25) is 0 Å². The fourth-order valence-electron chi connectivity index (χ4n) is 3.32. The molecule has 26 heavy (non-hydrogen) atoms. The molecule has 0 aliphatic carbocycles. The zero-order chi connectivity index (χ0) is 17.9. The van der Waals surface area contributed by atoms with E-state index in [1.807, 2.05) is 19.1 Å². The van der Waals surface area contributed by atoms with E-state index in [1.165, 1.54) is 5.56 Å². The maximum absolute atomic E-state index is 12.4. The predicted molar refractivity (Wildman–Crippen MR) is 98.0 cm³/mol. The Hall–Kier alpha value is -2.86. The summed E-state index contributed by atoms with van der Waals surface area (Å²) < 4.78 is 10.9. The van der Waals surface area contributed by atoms with Gasteiger partial charge in [-0.25, -0.2) is 4.98 Å². The number of H-pyrrole nitrogens is 1. The lowest BCUT2D eigenvalue weighted by molar-refractivity contribution is 0.240. The highest BCUT2D eigenvalue weighted by molar-refractivity contribution is 5.47. The number of hydrogen-bond donors (Lipinski definition) is 1. The Labute approximate surface area is 151 Å². The number of rotatable bonds is 5. The molecule has 0 bridgehead atoms. The minimum atomic E-state index is -0.0700. The average molecular weight is 351 g/mol. The van der Waals surface area contributed by atoms with Gasteiger partial charge in [-0.3, -0.25) is 9.69 Å². The zero-order valence-electron chi connectivity index (χ0n) is 14.7. The van der Waals surface area contributed by atoms with Gasteiger partial charge in [0.2, 0.25) is 0 Å². The quantitative estimate of drug-likeness (QED) is 0.765. The van der Waals surface area contributed by atoms with Crippen LogP contribution in [0.3, 0.4) is 0 Å². The summed E-state index contributed by atoms with van der Waals surface area (Å²) in [5.74, 6) is 1.95. The molecule has 3 heterocycles. The third kappa shape index (κ3) is 3.41. The van der Waals surface area contributed by atoms with Gasteiger partial charge in [0.1, 0.15) is 5.75 Å². The lowest BCUT2D eigenvalue weighted by Crippen LogP contribution is -2.35. The van der Waals surface area contributed by atoms with Crippen LogP contribution in [0.15, 0.2) is 51.9 Å². The van der Waals surface area contributed by atoms with Gasteiger partial charge in [-0.15, -0.1) is 0 Å². The molecule has 0 unspecified atom stereocenters. The van der Waals surface area contributed by atoms with Crippen LogP contribution >= 0.6 is 0 Å². The van der Waals surface area contributed by atoms with Crippen LogP contribution in [-0.4, -0.2) is 28.0 Å². The summed E-state index contributed by atoms with van der Waals surface area (Å²) >= 11 is 0. The van der Waals surface area contributed by atoms with Gasteiger partial charge < -0.3 is 14.1 Å². The maximum Gasteiger partial charge on any atom is 0.254 e. The van der Waals surface area contributed by atoms with Crippen LogP contribution < -0.4 is 10.3 Å². The highest BCUT2D eigenvalue weighted by atomic mass is 16.5. The monoisotopic (exact) mass is 351 g/mol. The summed E-state index contributed by atoms with van der Waals surface area (Å²) in [7, 11) is 0. The summed E-state index contributed by atoms with van der Waals surface area (Å²) in [6.45, 7) is 4.91. The normalized spacial score (nSPS) is 14.2. The van der Waals surface area contributed by atoms with Gasteiger partial charge >= 0.3 is 0 Å². The Bertz CT molecular complexity index is 947. The summed E-state index contributed by atoms with van der Waals surface area (Å²) in [5.41, 5.74) is 2.72. The zero-order valence-corrected chi connectivity index (χ0v) is 14.7. The van der Waals surface area contributed by atoms with Crippen molar-refractivity contribution in [3.63, 3.8) is 0 Å². The molecule has 1 aliphatic rings. The second-order valence-electron chi connectivity index (χ2n) is 6.36. The average Bonchev–Trinajstić information content (AvgIpc) is 3.17. The predicted octanol–water partition coefficient (Wildman–Crippen LogP) is 2.99. The first-order chi connectivity index (χ1) is 12.7. The van der Waals surface area contributed by atoms with Gasteiger partial charge in [0.15, 0.2) is 11.6 Å². The molecule has 0 saturated carbocycles.